The molecule has 1 aliphatic rings. The third-order valence-electron chi connectivity index (χ3n) is 7.01. The van der Waals surface area contributed by atoms with Crippen LogP contribution in [-0.2, 0) is 27.4 Å². The van der Waals surface area contributed by atoms with Gasteiger partial charge in [-0.15, -0.1) is 0 Å². The smallest absolute Gasteiger partial charge is 0.489 e. The van der Waals surface area contributed by atoms with Crippen LogP contribution in [0.3, 0.4) is 0 Å². The minimum atomic E-state index is -0.851. The first-order chi connectivity index (χ1) is 21.4. The third-order valence-corrected chi connectivity index (χ3v) is 7.01. The molecular weight excluding hydrogens is 558 g/mol. The van der Waals surface area contributed by atoms with Gasteiger partial charge in [-0.2, -0.15) is 0 Å². The highest BCUT2D eigenvalue weighted by Crippen LogP contribution is 2.43. The van der Waals surface area contributed by atoms with Crippen LogP contribution in [-0.4, -0.2) is 43.9 Å². The molecule has 0 fully saturated rings. The Kier molecular flexibility index (Phi) is 11.8. The minimum absolute atomic E-state index is 0.140. The summed E-state index contributed by atoms with van der Waals surface area (Å²) in [6.07, 6.45) is -0.694. The number of rotatable bonds is 13. The summed E-state index contributed by atoms with van der Waals surface area (Å²) in [4.78, 5) is 27.8. The van der Waals surface area contributed by atoms with Crippen LogP contribution in [0, 0.1) is 0 Å². The Balaban J connectivity index is 1.54. The Labute approximate surface area is 259 Å². The number of hydrogen-bond acceptors (Lipinski definition) is 8. The Hall–Kier alpha value is -4.76. The number of benzene rings is 3. The number of likely N-dealkylation sites (N-methyl/N-ethyl adjacent to an activating group) is 1. The average Bonchev–Trinajstić information content (AvgIpc) is 3.02. The van der Waals surface area contributed by atoms with Gasteiger partial charge in [-0.25, -0.2) is 9.59 Å². The van der Waals surface area contributed by atoms with E-state index >= 15 is 0 Å². The van der Waals surface area contributed by atoms with Crippen molar-refractivity contribution in [2.24, 2.45) is 0 Å². The molecule has 9 heteroatoms. The Morgan fingerprint density at radius 3 is 2.14 bits per heavy atom. The van der Waals surface area contributed by atoms with Crippen LogP contribution in [0.5, 0.6) is 5.75 Å². The molecular formula is C35H41N3O6. The van der Waals surface area contributed by atoms with E-state index < -0.39 is 18.2 Å². The zero-order chi connectivity index (χ0) is 31.3. The number of carbonyl (C=O) groups is 2. The van der Waals surface area contributed by atoms with Crippen LogP contribution in [0.15, 0.2) is 108 Å². The van der Waals surface area contributed by atoms with Gasteiger partial charge in [0.2, 0.25) is 0 Å². The number of carbonyl (C=O) groups excluding carboxylic acids is 2. The predicted molar refractivity (Wildman–Crippen MR) is 168 cm³/mol. The first kappa shape index (κ1) is 32.2. The number of amides is 1. The highest BCUT2D eigenvalue weighted by molar-refractivity contribution is 5.70. The maximum Gasteiger partial charge on any atom is 0.513 e. The van der Waals surface area contributed by atoms with Gasteiger partial charge >= 0.3 is 12.2 Å². The molecule has 4 rings (SSSR count). The van der Waals surface area contributed by atoms with E-state index in [4.69, 9.17) is 18.9 Å². The molecule has 0 radical (unpaired) electrons. The molecule has 232 valence electrons. The molecule has 1 unspecified atom stereocenters. The van der Waals surface area contributed by atoms with Crippen molar-refractivity contribution in [3.8, 4) is 5.75 Å². The van der Waals surface area contributed by atoms with E-state index in [1.165, 1.54) is 5.56 Å². The highest BCUT2D eigenvalue weighted by atomic mass is 16.7. The first-order valence-electron chi connectivity index (χ1n) is 14.8. The molecule has 1 heterocycles. The van der Waals surface area contributed by atoms with Crippen molar-refractivity contribution in [3.63, 3.8) is 0 Å². The molecule has 0 spiro atoms. The molecule has 44 heavy (non-hydrogen) atoms. The predicted octanol–water partition coefficient (Wildman–Crippen LogP) is 6.84. The number of allylic oxidation sites excluding steroid dienone is 2. The second-order valence-corrected chi connectivity index (χ2v) is 10.6. The van der Waals surface area contributed by atoms with Crippen molar-refractivity contribution in [2.45, 2.75) is 46.3 Å². The first-order valence-corrected chi connectivity index (χ1v) is 14.8. The normalized spacial score (nSPS) is 14.6. The summed E-state index contributed by atoms with van der Waals surface area (Å²) in [5.41, 5.74) is 4.04. The zero-order valence-corrected chi connectivity index (χ0v) is 25.8. The van der Waals surface area contributed by atoms with Gasteiger partial charge in [0.05, 0.1) is 11.4 Å². The molecule has 2 N–H and O–H groups in total. The van der Waals surface area contributed by atoms with Crippen molar-refractivity contribution in [3.05, 3.63) is 125 Å². The average molecular weight is 600 g/mol. The fourth-order valence-corrected chi connectivity index (χ4v) is 4.84. The topological polar surface area (TPSA) is 98.4 Å². The van der Waals surface area contributed by atoms with E-state index in [-0.39, 0.29) is 12.4 Å². The second kappa shape index (κ2) is 16.2. The van der Waals surface area contributed by atoms with Gasteiger partial charge in [0.25, 0.3) is 0 Å². The van der Waals surface area contributed by atoms with E-state index in [1.54, 1.807) is 6.92 Å². The largest absolute Gasteiger partial charge is 0.513 e. The standard InChI is InChI=1S/C35H41N3O6/c1-5-20-36-34(39)43-32-25(2)37-26(3)33(44-35(40)41-22-21-38(4)23-27-14-8-6-9-15-27)31(32)29-18-12-13-19-30(29)42-24-28-16-10-7-11-17-28/h6-19,31,37H,5,20-24H2,1-4H3,(H,36,39). The van der Waals surface area contributed by atoms with Gasteiger partial charge in [0.1, 0.15) is 36.4 Å². The molecule has 3 aromatic carbocycles. The lowest BCUT2D eigenvalue weighted by Gasteiger charge is -2.31. The van der Waals surface area contributed by atoms with Crippen molar-refractivity contribution in [1.82, 2.24) is 15.5 Å². The molecule has 1 atom stereocenters. The lowest BCUT2D eigenvalue weighted by molar-refractivity contribution is 0.0634. The Bertz CT molecular complexity index is 1460. The summed E-state index contributed by atoms with van der Waals surface area (Å²) >= 11 is 0. The van der Waals surface area contributed by atoms with E-state index in [2.05, 4.69) is 27.7 Å². The van der Waals surface area contributed by atoms with Gasteiger partial charge in [-0.3, -0.25) is 4.90 Å². The lowest BCUT2D eigenvalue weighted by Crippen LogP contribution is -2.32. The highest BCUT2D eigenvalue weighted by Gasteiger charge is 2.37. The lowest BCUT2D eigenvalue weighted by atomic mass is 9.90. The van der Waals surface area contributed by atoms with Crippen LogP contribution in [0.25, 0.3) is 0 Å². The van der Waals surface area contributed by atoms with Gasteiger partial charge in [0.15, 0.2) is 0 Å². The van der Waals surface area contributed by atoms with Gasteiger partial charge < -0.3 is 29.6 Å². The number of nitrogens with zero attached hydrogens (tertiary/aromatic N) is 1. The maximum atomic E-state index is 13.0. The summed E-state index contributed by atoms with van der Waals surface area (Å²) in [7, 11) is 1.96. The van der Waals surface area contributed by atoms with E-state index in [9.17, 15) is 9.59 Å². The quantitative estimate of drug-likeness (QED) is 0.206. The molecule has 0 saturated carbocycles. The number of alkyl carbamates (subject to hydrolysis) is 1. The molecule has 9 nitrogen and oxygen atoms in total. The number of dihydropyridines is 1. The number of hydrogen-bond donors (Lipinski definition) is 2. The summed E-state index contributed by atoms with van der Waals surface area (Å²) < 4.78 is 23.5. The Morgan fingerprint density at radius 1 is 0.841 bits per heavy atom. The number of para-hydroxylation sites is 1. The van der Waals surface area contributed by atoms with Crippen LogP contribution < -0.4 is 15.4 Å². The number of ether oxygens (including phenoxy) is 4. The summed E-state index contributed by atoms with van der Waals surface area (Å²) in [5, 5.41) is 5.95. The van der Waals surface area contributed by atoms with Gasteiger partial charge in [-0.1, -0.05) is 85.8 Å². The van der Waals surface area contributed by atoms with Gasteiger partial charge in [-0.05, 0) is 44.5 Å². The van der Waals surface area contributed by atoms with Crippen LogP contribution in [0.2, 0.25) is 0 Å². The fourth-order valence-electron chi connectivity index (χ4n) is 4.84. The monoisotopic (exact) mass is 599 g/mol. The van der Waals surface area contributed by atoms with Crippen molar-refractivity contribution >= 4 is 12.2 Å². The van der Waals surface area contributed by atoms with Crippen LogP contribution in [0.4, 0.5) is 9.59 Å². The van der Waals surface area contributed by atoms with E-state index in [0.717, 1.165) is 18.5 Å². The molecule has 3 aromatic rings. The van der Waals surface area contributed by atoms with Crippen molar-refractivity contribution < 1.29 is 28.5 Å². The fraction of sp³-hybridized carbons (Fsp3) is 0.314. The third kappa shape index (κ3) is 9.12. The van der Waals surface area contributed by atoms with Crippen molar-refractivity contribution in [1.29, 1.82) is 0 Å². The molecule has 0 aliphatic carbocycles. The van der Waals surface area contributed by atoms with Gasteiger partial charge in [0, 0.05) is 25.2 Å². The number of nitrogens with one attached hydrogen (secondary N) is 2. The van der Waals surface area contributed by atoms with Crippen LogP contribution >= 0.6 is 0 Å². The molecule has 0 bridgehead atoms. The zero-order valence-electron chi connectivity index (χ0n) is 25.8. The van der Waals surface area contributed by atoms with Crippen molar-refractivity contribution in [2.75, 3.05) is 26.7 Å². The second-order valence-electron chi connectivity index (χ2n) is 10.6. The van der Waals surface area contributed by atoms with E-state index in [0.29, 0.717) is 48.2 Å². The van der Waals surface area contributed by atoms with Crippen LogP contribution in [0.1, 0.15) is 49.8 Å². The molecule has 1 aliphatic heterocycles. The van der Waals surface area contributed by atoms with E-state index in [1.807, 2.05) is 93.7 Å². The maximum absolute atomic E-state index is 13.0. The SMILES string of the molecule is CCCNC(=O)OC1=C(C)NC(C)=C(OC(=O)OCCN(C)Cc2ccccc2)C1c1ccccc1OCc1ccccc1. The molecule has 0 aromatic heterocycles. The summed E-state index contributed by atoms with van der Waals surface area (Å²) in [6, 6.07) is 27.3. The Morgan fingerprint density at radius 2 is 1.45 bits per heavy atom. The summed E-state index contributed by atoms with van der Waals surface area (Å²) in [6.45, 7) is 7.74. The summed E-state index contributed by atoms with van der Waals surface area (Å²) in [5.74, 6) is 0.359. The molecule has 1 amide bonds. The minimum Gasteiger partial charge on any atom is -0.489 e. The molecule has 0 saturated heterocycles.